The Morgan fingerprint density at radius 1 is 1.53 bits per heavy atom. The highest BCUT2D eigenvalue weighted by molar-refractivity contribution is 5.97. The highest BCUT2D eigenvalue weighted by Gasteiger charge is 2.33. The molecule has 1 rings (SSSR count). The van der Waals surface area contributed by atoms with E-state index in [1.807, 2.05) is 13.8 Å². The molecule has 1 unspecified atom stereocenters. The number of rotatable bonds is 6. The summed E-state index contributed by atoms with van der Waals surface area (Å²) in [6, 6.07) is 1.64. The van der Waals surface area contributed by atoms with Crippen molar-refractivity contribution >= 4 is 5.78 Å². The molecule has 15 heavy (non-hydrogen) atoms. The van der Waals surface area contributed by atoms with Crippen LogP contribution in [-0.2, 0) is 0 Å². The lowest BCUT2D eigenvalue weighted by Gasteiger charge is -2.24. The summed E-state index contributed by atoms with van der Waals surface area (Å²) in [5, 5.41) is 3.58. The normalized spacial score (nSPS) is 14.9. The molecule has 1 aromatic heterocycles. The number of hydrogen-bond donors (Lipinski definition) is 0. The molecule has 0 N–H and O–H groups in total. The average molecular weight is 209 g/mol. The van der Waals surface area contributed by atoms with Crippen molar-refractivity contribution in [3.63, 3.8) is 0 Å². The smallest absolute Gasteiger partial charge is 0.206 e. The van der Waals surface area contributed by atoms with Gasteiger partial charge in [0.15, 0.2) is 0 Å². The maximum absolute atomic E-state index is 12.1. The summed E-state index contributed by atoms with van der Waals surface area (Å²) in [5.41, 5.74) is -0.296. The van der Waals surface area contributed by atoms with Crippen molar-refractivity contribution in [2.45, 2.75) is 46.5 Å². The third kappa shape index (κ3) is 2.67. The zero-order valence-electron chi connectivity index (χ0n) is 9.75. The lowest BCUT2D eigenvalue weighted by atomic mass is 9.77. The Labute approximate surface area is 90.8 Å². The number of hydrogen-bond acceptors (Lipinski definition) is 3. The first-order valence-corrected chi connectivity index (χ1v) is 5.59. The van der Waals surface area contributed by atoms with Crippen LogP contribution in [0.4, 0.5) is 0 Å². The lowest BCUT2D eigenvalue weighted by molar-refractivity contribution is 0.0751. The van der Waals surface area contributed by atoms with Crippen LogP contribution in [0, 0.1) is 5.41 Å². The molecule has 0 aliphatic heterocycles. The van der Waals surface area contributed by atoms with E-state index in [0.717, 1.165) is 25.7 Å². The average Bonchev–Trinajstić information content (AvgIpc) is 2.78. The second kappa shape index (κ2) is 5.10. The zero-order valence-corrected chi connectivity index (χ0v) is 9.75. The Morgan fingerprint density at radius 3 is 2.73 bits per heavy atom. The topological polar surface area (TPSA) is 43.1 Å². The van der Waals surface area contributed by atoms with Crippen LogP contribution in [0.5, 0.6) is 0 Å². The standard InChI is InChI=1S/C12H19NO2/c1-4-6-8-12(3,5-2)11(14)10-7-9-13-15-10/h7,9H,4-6,8H2,1-3H3. The Kier molecular flexibility index (Phi) is 4.06. The monoisotopic (exact) mass is 209 g/mol. The largest absolute Gasteiger partial charge is 0.353 e. The second-order valence-electron chi connectivity index (χ2n) is 4.22. The van der Waals surface area contributed by atoms with E-state index in [1.54, 1.807) is 6.07 Å². The number of carbonyl (C=O) groups excluding carboxylic acids is 1. The Balaban J connectivity index is 2.77. The molecule has 0 saturated heterocycles. The van der Waals surface area contributed by atoms with Gasteiger partial charge in [0.1, 0.15) is 0 Å². The molecular weight excluding hydrogens is 190 g/mol. The summed E-state index contributed by atoms with van der Waals surface area (Å²) in [7, 11) is 0. The van der Waals surface area contributed by atoms with Crippen molar-refractivity contribution in [1.29, 1.82) is 0 Å². The molecular formula is C12H19NO2. The second-order valence-corrected chi connectivity index (χ2v) is 4.22. The molecule has 1 atom stereocenters. The van der Waals surface area contributed by atoms with Gasteiger partial charge in [-0.15, -0.1) is 0 Å². The summed E-state index contributed by atoms with van der Waals surface area (Å²) in [5.74, 6) is 0.464. The molecule has 0 aliphatic rings. The molecule has 0 amide bonds. The SMILES string of the molecule is CCCCC(C)(CC)C(=O)c1ccno1. The lowest BCUT2D eigenvalue weighted by Crippen LogP contribution is -2.26. The minimum absolute atomic E-state index is 0.0796. The molecule has 0 aliphatic carbocycles. The Bertz CT molecular complexity index is 305. The number of Topliss-reactive ketones (excluding diaryl/α,β-unsaturated/α-hetero) is 1. The Morgan fingerprint density at radius 2 is 2.27 bits per heavy atom. The fraction of sp³-hybridized carbons (Fsp3) is 0.667. The predicted octanol–water partition coefficient (Wildman–Crippen LogP) is 3.46. The van der Waals surface area contributed by atoms with Crippen molar-refractivity contribution in [1.82, 2.24) is 5.16 Å². The quantitative estimate of drug-likeness (QED) is 0.674. The highest BCUT2D eigenvalue weighted by Crippen LogP contribution is 2.32. The molecule has 0 radical (unpaired) electrons. The molecule has 3 heteroatoms. The molecule has 0 aromatic carbocycles. The Hall–Kier alpha value is -1.12. The first-order chi connectivity index (χ1) is 7.14. The third-order valence-corrected chi connectivity index (χ3v) is 3.07. The molecule has 0 bridgehead atoms. The summed E-state index contributed by atoms with van der Waals surface area (Å²) in [4.78, 5) is 12.1. The van der Waals surface area contributed by atoms with Crippen molar-refractivity contribution in [2.24, 2.45) is 5.41 Å². The number of ketones is 1. The maximum atomic E-state index is 12.1. The van der Waals surface area contributed by atoms with E-state index in [-0.39, 0.29) is 11.2 Å². The van der Waals surface area contributed by atoms with Crippen molar-refractivity contribution < 1.29 is 9.32 Å². The van der Waals surface area contributed by atoms with Gasteiger partial charge in [0.25, 0.3) is 0 Å². The molecule has 1 heterocycles. The predicted molar refractivity (Wildman–Crippen MR) is 58.8 cm³/mol. The molecule has 0 fully saturated rings. The third-order valence-electron chi connectivity index (χ3n) is 3.07. The van der Waals surface area contributed by atoms with Gasteiger partial charge in [-0.1, -0.05) is 38.8 Å². The van der Waals surface area contributed by atoms with E-state index in [0.29, 0.717) is 5.76 Å². The van der Waals surface area contributed by atoms with Crippen LogP contribution in [0.3, 0.4) is 0 Å². The van der Waals surface area contributed by atoms with Gasteiger partial charge in [-0.25, -0.2) is 0 Å². The van der Waals surface area contributed by atoms with Crippen LogP contribution in [0.1, 0.15) is 57.0 Å². The first-order valence-electron chi connectivity index (χ1n) is 5.59. The highest BCUT2D eigenvalue weighted by atomic mass is 16.5. The number of aromatic nitrogens is 1. The molecule has 0 spiro atoms. The maximum Gasteiger partial charge on any atom is 0.206 e. The van der Waals surface area contributed by atoms with Crippen LogP contribution < -0.4 is 0 Å². The fourth-order valence-electron chi connectivity index (χ4n) is 1.65. The van der Waals surface area contributed by atoms with Gasteiger partial charge < -0.3 is 4.52 Å². The number of carbonyl (C=O) groups is 1. The summed E-state index contributed by atoms with van der Waals surface area (Å²) in [6.07, 6.45) is 5.46. The minimum Gasteiger partial charge on any atom is -0.353 e. The summed E-state index contributed by atoms with van der Waals surface area (Å²) < 4.78 is 4.92. The van der Waals surface area contributed by atoms with Crippen LogP contribution in [0.15, 0.2) is 16.8 Å². The zero-order chi connectivity index (χ0) is 11.3. The number of unbranched alkanes of at least 4 members (excludes halogenated alkanes) is 1. The van der Waals surface area contributed by atoms with E-state index in [9.17, 15) is 4.79 Å². The molecule has 0 saturated carbocycles. The minimum atomic E-state index is -0.296. The molecule has 84 valence electrons. The summed E-state index contributed by atoms with van der Waals surface area (Å²) >= 11 is 0. The summed E-state index contributed by atoms with van der Waals surface area (Å²) in [6.45, 7) is 6.19. The van der Waals surface area contributed by atoms with Crippen LogP contribution in [-0.4, -0.2) is 10.9 Å². The molecule has 1 aromatic rings. The van der Waals surface area contributed by atoms with Crippen molar-refractivity contribution in [3.05, 3.63) is 18.0 Å². The van der Waals surface area contributed by atoms with Gasteiger partial charge in [-0.05, 0) is 12.8 Å². The number of nitrogens with zero attached hydrogens (tertiary/aromatic N) is 1. The van der Waals surface area contributed by atoms with Gasteiger partial charge in [0, 0.05) is 11.5 Å². The van der Waals surface area contributed by atoms with Gasteiger partial charge in [0.2, 0.25) is 11.5 Å². The van der Waals surface area contributed by atoms with Gasteiger partial charge >= 0.3 is 0 Å². The van der Waals surface area contributed by atoms with Gasteiger partial charge in [-0.2, -0.15) is 0 Å². The van der Waals surface area contributed by atoms with Crippen molar-refractivity contribution in [3.8, 4) is 0 Å². The van der Waals surface area contributed by atoms with E-state index < -0.39 is 0 Å². The van der Waals surface area contributed by atoms with Crippen molar-refractivity contribution in [2.75, 3.05) is 0 Å². The van der Waals surface area contributed by atoms with E-state index in [4.69, 9.17) is 4.52 Å². The van der Waals surface area contributed by atoms with Gasteiger partial charge in [-0.3, -0.25) is 4.79 Å². The van der Waals surface area contributed by atoms with Crippen LogP contribution >= 0.6 is 0 Å². The van der Waals surface area contributed by atoms with E-state index >= 15 is 0 Å². The fourth-order valence-corrected chi connectivity index (χ4v) is 1.65. The van der Waals surface area contributed by atoms with Crippen LogP contribution in [0.2, 0.25) is 0 Å². The van der Waals surface area contributed by atoms with Gasteiger partial charge in [0.05, 0.1) is 6.20 Å². The molecule has 3 nitrogen and oxygen atoms in total. The van der Waals surface area contributed by atoms with E-state index in [2.05, 4.69) is 12.1 Å². The van der Waals surface area contributed by atoms with Crippen LogP contribution in [0.25, 0.3) is 0 Å². The van der Waals surface area contributed by atoms with E-state index in [1.165, 1.54) is 6.20 Å². The first kappa shape index (κ1) is 12.0.